The van der Waals surface area contributed by atoms with Crippen molar-refractivity contribution in [3.8, 4) is 5.75 Å². The fraction of sp³-hybridized carbons (Fsp3) is 0.222. The lowest BCUT2D eigenvalue weighted by atomic mass is 10.3. The minimum absolute atomic E-state index is 0.0971. The van der Waals surface area contributed by atoms with E-state index in [0.717, 1.165) is 0 Å². The molecule has 1 unspecified atom stereocenters. The molecule has 0 aliphatic rings. The van der Waals surface area contributed by atoms with Gasteiger partial charge in [0.15, 0.2) is 17.7 Å². The Hall–Kier alpha value is -1.29. The van der Waals surface area contributed by atoms with Gasteiger partial charge in [-0.3, -0.25) is 0 Å². The van der Waals surface area contributed by atoms with Crippen LogP contribution < -0.4 is 4.74 Å². The van der Waals surface area contributed by atoms with Gasteiger partial charge in [0.05, 0.1) is 5.02 Å². The standard InChI is InChI=1S/C9H8ClFO3/c1-5(9(12)13)14-7-4-2-3-6(10)8(7)11/h2-5H,1H3,(H,12,13). The summed E-state index contributed by atoms with van der Waals surface area (Å²) in [6.45, 7) is 1.31. The van der Waals surface area contributed by atoms with Gasteiger partial charge in [0.2, 0.25) is 0 Å². The summed E-state index contributed by atoms with van der Waals surface area (Å²) in [6.07, 6.45) is -1.11. The van der Waals surface area contributed by atoms with Crippen LogP contribution >= 0.6 is 11.6 Å². The fourth-order valence-electron chi connectivity index (χ4n) is 0.816. The van der Waals surface area contributed by atoms with Gasteiger partial charge in [-0.15, -0.1) is 0 Å². The smallest absolute Gasteiger partial charge is 0.344 e. The molecule has 0 saturated heterocycles. The normalized spacial score (nSPS) is 12.2. The molecule has 1 N–H and O–H groups in total. The van der Waals surface area contributed by atoms with Crippen LogP contribution in [-0.4, -0.2) is 17.2 Å². The minimum Gasteiger partial charge on any atom is -0.479 e. The molecule has 0 heterocycles. The number of ether oxygens (including phenoxy) is 1. The van der Waals surface area contributed by atoms with Gasteiger partial charge < -0.3 is 9.84 Å². The lowest BCUT2D eigenvalue weighted by molar-refractivity contribution is -0.144. The van der Waals surface area contributed by atoms with E-state index >= 15 is 0 Å². The first-order valence-corrected chi connectivity index (χ1v) is 4.23. The van der Waals surface area contributed by atoms with Crippen LogP contribution in [0.25, 0.3) is 0 Å². The van der Waals surface area contributed by atoms with E-state index in [4.69, 9.17) is 21.4 Å². The molecular weight excluding hydrogens is 211 g/mol. The molecule has 0 aromatic heterocycles. The van der Waals surface area contributed by atoms with E-state index in [0.29, 0.717) is 0 Å². The van der Waals surface area contributed by atoms with Crippen molar-refractivity contribution in [2.24, 2.45) is 0 Å². The molecule has 0 bridgehead atoms. The van der Waals surface area contributed by atoms with Gasteiger partial charge in [-0.05, 0) is 19.1 Å². The molecule has 76 valence electrons. The van der Waals surface area contributed by atoms with Gasteiger partial charge in [-0.1, -0.05) is 17.7 Å². The Morgan fingerprint density at radius 3 is 2.86 bits per heavy atom. The van der Waals surface area contributed by atoms with E-state index in [1.54, 1.807) is 0 Å². The van der Waals surface area contributed by atoms with Crippen LogP contribution in [-0.2, 0) is 4.79 Å². The predicted octanol–water partition coefficient (Wildman–Crippen LogP) is 2.33. The van der Waals surface area contributed by atoms with E-state index in [1.807, 2.05) is 0 Å². The first-order chi connectivity index (χ1) is 6.52. The Kier molecular flexibility index (Phi) is 3.30. The highest BCUT2D eigenvalue weighted by Gasteiger charge is 2.15. The maximum absolute atomic E-state index is 13.2. The van der Waals surface area contributed by atoms with Crippen LogP contribution in [0, 0.1) is 5.82 Å². The molecule has 5 heteroatoms. The number of aliphatic carboxylic acids is 1. The van der Waals surface area contributed by atoms with Crippen LogP contribution in [0.5, 0.6) is 5.75 Å². The van der Waals surface area contributed by atoms with Crippen LogP contribution in [0.15, 0.2) is 18.2 Å². The van der Waals surface area contributed by atoms with Gasteiger partial charge in [0.25, 0.3) is 0 Å². The van der Waals surface area contributed by atoms with E-state index < -0.39 is 17.9 Å². The molecule has 0 radical (unpaired) electrons. The van der Waals surface area contributed by atoms with Gasteiger partial charge in [-0.2, -0.15) is 0 Å². The van der Waals surface area contributed by atoms with Crippen LogP contribution in [0.3, 0.4) is 0 Å². The largest absolute Gasteiger partial charge is 0.479 e. The van der Waals surface area contributed by atoms with Crippen molar-refractivity contribution in [3.05, 3.63) is 29.0 Å². The molecule has 1 atom stereocenters. The highest BCUT2D eigenvalue weighted by atomic mass is 35.5. The van der Waals surface area contributed by atoms with Gasteiger partial charge in [0.1, 0.15) is 0 Å². The molecule has 1 aromatic carbocycles. The van der Waals surface area contributed by atoms with Crippen LogP contribution in [0.4, 0.5) is 4.39 Å². The molecule has 3 nitrogen and oxygen atoms in total. The van der Waals surface area contributed by atoms with Gasteiger partial charge in [0, 0.05) is 0 Å². The molecule has 0 amide bonds. The van der Waals surface area contributed by atoms with E-state index in [9.17, 15) is 9.18 Å². The number of rotatable bonds is 3. The third-order valence-electron chi connectivity index (χ3n) is 1.57. The fourth-order valence-corrected chi connectivity index (χ4v) is 0.982. The Bertz CT molecular complexity index is 354. The van der Waals surface area contributed by atoms with Crippen molar-refractivity contribution < 1.29 is 19.0 Å². The zero-order valence-corrected chi connectivity index (χ0v) is 8.08. The first-order valence-electron chi connectivity index (χ1n) is 3.86. The summed E-state index contributed by atoms with van der Waals surface area (Å²) < 4.78 is 18.0. The second kappa shape index (κ2) is 4.28. The number of carboxylic acid groups (broad SMARTS) is 1. The molecular formula is C9H8ClFO3. The minimum atomic E-state index is -1.16. The summed E-state index contributed by atoms with van der Waals surface area (Å²) >= 11 is 5.47. The first kappa shape index (κ1) is 10.8. The van der Waals surface area contributed by atoms with Crippen LogP contribution in [0.2, 0.25) is 5.02 Å². The molecule has 14 heavy (non-hydrogen) atoms. The molecule has 1 rings (SSSR count). The Morgan fingerprint density at radius 2 is 2.29 bits per heavy atom. The van der Waals surface area contributed by atoms with Crippen molar-refractivity contribution in [2.45, 2.75) is 13.0 Å². The summed E-state index contributed by atoms with van der Waals surface area (Å²) in [4.78, 5) is 10.4. The summed E-state index contributed by atoms with van der Waals surface area (Å²) in [5.41, 5.74) is 0. The number of carbonyl (C=O) groups is 1. The SMILES string of the molecule is CC(Oc1cccc(Cl)c1F)C(=O)O. The molecule has 0 fully saturated rings. The second-order valence-corrected chi connectivity index (χ2v) is 3.06. The number of hydrogen-bond acceptors (Lipinski definition) is 2. The number of halogens is 2. The molecule has 0 aliphatic heterocycles. The van der Waals surface area contributed by atoms with Crippen molar-refractivity contribution in [1.29, 1.82) is 0 Å². The van der Waals surface area contributed by atoms with Crippen molar-refractivity contribution in [3.63, 3.8) is 0 Å². The summed E-state index contributed by atoms with van der Waals surface area (Å²) in [6, 6.07) is 4.16. The van der Waals surface area contributed by atoms with Crippen molar-refractivity contribution >= 4 is 17.6 Å². The van der Waals surface area contributed by atoms with E-state index in [2.05, 4.69) is 0 Å². The average Bonchev–Trinajstić information content (AvgIpc) is 2.12. The highest BCUT2D eigenvalue weighted by molar-refractivity contribution is 6.30. The van der Waals surface area contributed by atoms with E-state index in [1.165, 1.54) is 25.1 Å². The quantitative estimate of drug-likeness (QED) is 0.847. The Morgan fingerprint density at radius 1 is 1.64 bits per heavy atom. The van der Waals surface area contributed by atoms with Crippen molar-refractivity contribution in [1.82, 2.24) is 0 Å². The monoisotopic (exact) mass is 218 g/mol. The Balaban J connectivity index is 2.87. The van der Waals surface area contributed by atoms with Crippen molar-refractivity contribution in [2.75, 3.05) is 0 Å². The summed E-state index contributed by atoms with van der Waals surface area (Å²) in [5, 5.41) is 8.43. The van der Waals surface area contributed by atoms with Crippen LogP contribution in [0.1, 0.15) is 6.92 Å². The number of hydrogen-bond donors (Lipinski definition) is 1. The number of benzene rings is 1. The zero-order valence-electron chi connectivity index (χ0n) is 7.33. The Labute approximate surface area is 85.1 Å². The zero-order chi connectivity index (χ0) is 10.7. The molecule has 0 saturated carbocycles. The number of carboxylic acids is 1. The average molecular weight is 219 g/mol. The lowest BCUT2D eigenvalue weighted by Gasteiger charge is -2.11. The molecule has 0 aliphatic carbocycles. The van der Waals surface area contributed by atoms with E-state index in [-0.39, 0.29) is 10.8 Å². The maximum Gasteiger partial charge on any atom is 0.344 e. The predicted molar refractivity (Wildman–Crippen MR) is 49.1 cm³/mol. The highest BCUT2D eigenvalue weighted by Crippen LogP contribution is 2.24. The second-order valence-electron chi connectivity index (χ2n) is 2.65. The molecule has 1 aromatic rings. The maximum atomic E-state index is 13.2. The summed E-state index contributed by atoms with van der Waals surface area (Å²) in [7, 11) is 0. The topological polar surface area (TPSA) is 46.5 Å². The van der Waals surface area contributed by atoms with Gasteiger partial charge in [-0.25, -0.2) is 9.18 Å². The molecule has 0 spiro atoms. The third kappa shape index (κ3) is 2.35. The van der Waals surface area contributed by atoms with Gasteiger partial charge >= 0.3 is 5.97 Å². The lowest BCUT2D eigenvalue weighted by Crippen LogP contribution is -2.23. The third-order valence-corrected chi connectivity index (χ3v) is 1.86. The summed E-state index contributed by atoms with van der Waals surface area (Å²) in [5.74, 6) is -2.07.